The van der Waals surface area contributed by atoms with E-state index in [0.717, 1.165) is 5.56 Å². The van der Waals surface area contributed by atoms with Gasteiger partial charge in [0.25, 0.3) is 15.6 Å². The van der Waals surface area contributed by atoms with Crippen LogP contribution in [0.3, 0.4) is 0 Å². The van der Waals surface area contributed by atoms with Crippen LogP contribution in [0.1, 0.15) is 28.8 Å². The van der Waals surface area contributed by atoms with E-state index >= 15 is 0 Å². The van der Waals surface area contributed by atoms with Gasteiger partial charge in [-0.2, -0.15) is 0 Å². The summed E-state index contributed by atoms with van der Waals surface area (Å²) >= 11 is 18.6. The van der Waals surface area contributed by atoms with Crippen LogP contribution in [0.4, 0.5) is 5.82 Å². The normalized spacial score (nSPS) is 17.4. The first-order chi connectivity index (χ1) is 16.7. The molecule has 1 aliphatic heterocycles. The first-order valence-electron chi connectivity index (χ1n) is 10.7. The molecule has 0 saturated heterocycles. The second-order valence-electron chi connectivity index (χ2n) is 8.25. The summed E-state index contributed by atoms with van der Waals surface area (Å²) in [6, 6.07) is 22.0. The quantitative estimate of drug-likeness (QED) is 0.288. The molecule has 0 amide bonds. The van der Waals surface area contributed by atoms with Crippen molar-refractivity contribution in [2.45, 2.75) is 23.9 Å². The Labute approximate surface area is 218 Å². The van der Waals surface area contributed by atoms with E-state index < -0.39 is 22.1 Å². The highest BCUT2D eigenvalue weighted by molar-refractivity contribution is 7.93. The highest BCUT2D eigenvalue weighted by Crippen LogP contribution is 2.49. The Morgan fingerprint density at radius 2 is 1.26 bits per heavy atom. The SMILES string of the molecule is Cc1c(Cl)cccc1S(=O)(=O)N1c2cccc(=O)n2C(c2ccc(Cl)cc2)C1c1ccc(Cl)cc1. The molecule has 9 heteroatoms. The third-order valence-electron chi connectivity index (χ3n) is 6.20. The average Bonchev–Trinajstić information content (AvgIpc) is 3.19. The lowest BCUT2D eigenvalue weighted by atomic mass is 9.94. The van der Waals surface area contributed by atoms with Gasteiger partial charge >= 0.3 is 0 Å². The number of nitrogens with zero attached hydrogens (tertiary/aromatic N) is 2. The zero-order valence-corrected chi connectivity index (χ0v) is 21.5. The Morgan fingerprint density at radius 1 is 0.714 bits per heavy atom. The Balaban J connectivity index is 1.83. The van der Waals surface area contributed by atoms with Gasteiger partial charge in [-0.05, 0) is 66.1 Å². The van der Waals surface area contributed by atoms with Crippen molar-refractivity contribution in [3.63, 3.8) is 0 Å². The first kappa shape index (κ1) is 23.9. The van der Waals surface area contributed by atoms with Gasteiger partial charge in [0.1, 0.15) is 5.82 Å². The molecule has 5 rings (SSSR count). The number of halogens is 3. The number of rotatable bonds is 4. The fraction of sp³-hybridized carbons (Fsp3) is 0.115. The summed E-state index contributed by atoms with van der Waals surface area (Å²) in [4.78, 5) is 13.3. The predicted molar refractivity (Wildman–Crippen MR) is 140 cm³/mol. The molecule has 35 heavy (non-hydrogen) atoms. The second-order valence-corrected chi connectivity index (χ2v) is 11.3. The number of hydrogen-bond acceptors (Lipinski definition) is 3. The Morgan fingerprint density at radius 3 is 1.86 bits per heavy atom. The zero-order chi connectivity index (χ0) is 24.9. The summed E-state index contributed by atoms with van der Waals surface area (Å²) in [6.07, 6.45) is 0. The van der Waals surface area contributed by atoms with E-state index in [1.54, 1.807) is 79.7 Å². The van der Waals surface area contributed by atoms with Crippen LogP contribution in [-0.4, -0.2) is 13.0 Å². The lowest BCUT2D eigenvalue weighted by Gasteiger charge is -2.29. The molecule has 0 fully saturated rings. The molecule has 0 N–H and O–H groups in total. The molecule has 3 aromatic carbocycles. The summed E-state index contributed by atoms with van der Waals surface area (Å²) in [7, 11) is -4.15. The third-order valence-corrected chi connectivity index (χ3v) is 9.05. The van der Waals surface area contributed by atoms with Crippen molar-refractivity contribution in [2.75, 3.05) is 4.31 Å². The first-order valence-corrected chi connectivity index (χ1v) is 13.3. The van der Waals surface area contributed by atoms with Crippen LogP contribution >= 0.6 is 34.8 Å². The van der Waals surface area contributed by atoms with Crippen molar-refractivity contribution in [3.8, 4) is 0 Å². The molecule has 0 radical (unpaired) electrons. The van der Waals surface area contributed by atoms with Crippen molar-refractivity contribution < 1.29 is 8.42 Å². The van der Waals surface area contributed by atoms with Crippen LogP contribution in [0.25, 0.3) is 0 Å². The van der Waals surface area contributed by atoms with Gasteiger partial charge in [0.05, 0.1) is 17.0 Å². The molecule has 1 aromatic heterocycles. The number of fused-ring (bicyclic) bond motifs is 1. The summed E-state index contributed by atoms with van der Waals surface area (Å²) < 4.78 is 31.4. The number of hydrogen-bond donors (Lipinski definition) is 0. The highest BCUT2D eigenvalue weighted by atomic mass is 35.5. The van der Waals surface area contributed by atoms with E-state index in [4.69, 9.17) is 34.8 Å². The number of anilines is 1. The van der Waals surface area contributed by atoms with Crippen LogP contribution in [0.2, 0.25) is 15.1 Å². The van der Waals surface area contributed by atoms with Crippen LogP contribution in [0.15, 0.2) is 94.6 Å². The van der Waals surface area contributed by atoms with Crippen molar-refractivity contribution in [2.24, 2.45) is 0 Å². The second kappa shape index (κ2) is 9.03. The monoisotopic (exact) mass is 544 g/mol. The van der Waals surface area contributed by atoms with Gasteiger partial charge in [-0.3, -0.25) is 9.36 Å². The average molecular weight is 546 g/mol. The van der Waals surface area contributed by atoms with Crippen LogP contribution < -0.4 is 9.86 Å². The summed E-state index contributed by atoms with van der Waals surface area (Å²) in [5.41, 5.74) is 1.54. The molecular weight excluding hydrogens is 527 g/mol. The van der Waals surface area contributed by atoms with E-state index in [1.165, 1.54) is 21.0 Å². The summed E-state index contributed by atoms with van der Waals surface area (Å²) in [5, 5.41) is 1.40. The number of sulfonamides is 1. The van der Waals surface area contributed by atoms with Gasteiger partial charge < -0.3 is 0 Å². The molecule has 0 bridgehead atoms. The van der Waals surface area contributed by atoms with Crippen molar-refractivity contribution in [1.29, 1.82) is 0 Å². The molecule has 0 aliphatic carbocycles. The Kier molecular flexibility index (Phi) is 6.18. The van der Waals surface area contributed by atoms with Gasteiger partial charge in [-0.1, -0.05) is 71.2 Å². The molecule has 178 valence electrons. The fourth-order valence-electron chi connectivity index (χ4n) is 4.58. The molecule has 0 saturated carbocycles. The summed E-state index contributed by atoms with van der Waals surface area (Å²) in [5.74, 6) is 0.261. The maximum Gasteiger partial charge on any atom is 0.266 e. The molecule has 5 nitrogen and oxygen atoms in total. The molecule has 1 aliphatic rings. The van der Waals surface area contributed by atoms with E-state index in [2.05, 4.69) is 0 Å². The maximum atomic E-state index is 14.3. The fourth-order valence-corrected chi connectivity index (χ4v) is 6.95. The third kappa shape index (κ3) is 4.04. The topological polar surface area (TPSA) is 59.4 Å². The van der Waals surface area contributed by atoms with E-state index in [0.29, 0.717) is 26.2 Å². The molecular formula is C26H19Cl3N2O3S. The van der Waals surface area contributed by atoms with Gasteiger partial charge in [0.2, 0.25) is 0 Å². The van der Waals surface area contributed by atoms with Crippen molar-refractivity contribution in [3.05, 3.63) is 127 Å². The molecule has 2 unspecified atom stereocenters. The number of pyridine rings is 1. The minimum Gasteiger partial charge on any atom is -0.284 e. The van der Waals surface area contributed by atoms with Gasteiger partial charge in [0.15, 0.2) is 0 Å². The largest absolute Gasteiger partial charge is 0.284 e. The predicted octanol–water partition coefficient (Wildman–Crippen LogP) is 6.66. The number of aromatic nitrogens is 1. The smallest absolute Gasteiger partial charge is 0.266 e. The molecule has 2 heterocycles. The molecule has 4 aromatic rings. The molecule has 2 atom stereocenters. The number of benzene rings is 3. The van der Waals surface area contributed by atoms with Gasteiger partial charge in [-0.25, -0.2) is 12.7 Å². The Bertz CT molecular complexity index is 1580. The van der Waals surface area contributed by atoms with E-state index in [-0.39, 0.29) is 16.3 Å². The lowest BCUT2D eigenvalue weighted by Crippen LogP contribution is -2.34. The van der Waals surface area contributed by atoms with Crippen molar-refractivity contribution in [1.82, 2.24) is 4.57 Å². The van der Waals surface area contributed by atoms with Crippen molar-refractivity contribution >= 4 is 50.6 Å². The summed E-state index contributed by atoms with van der Waals surface area (Å²) in [6.45, 7) is 1.66. The Hall–Kier alpha value is -2.77. The lowest BCUT2D eigenvalue weighted by molar-refractivity contribution is 0.529. The van der Waals surface area contributed by atoms with Gasteiger partial charge in [0, 0.05) is 21.1 Å². The highest BCUT2D eigenvalue weighted by Gasteiger charge is 2.47. The standard InChI is InChI=1S/C26H19Cl3N2O3S/c1-16-21(29)4-2-5-22(16)35(33,34)31-23-6-3-7-24(32)30(23)25(17-8-12-19(27)13-9-17)26(31)18-10-14-20(28)15-11-18/h2-15,25-26H,1H3. The molecule has 0 spiro atoms. The van der Waals surface area contributed by atoms with Crippen LogP contribution in [-0.2, 0) is 10.0 Å². The minimum absolute atomic E-state index is 0.0728. The van der Waals surface area contributed by atoms with Crippen LogP contribution in [0.5, 0.6) is 0 Å². The van der Waals surface area contributed by atoms with E-state index in [9.17, 15) is 13.2 Å². The van der Waals surface area contributed by atoms with Gasteiger partial charge in [-0.15, -0.1) is 0 Å². The minimum atomic E-state index is -4.15. The van der Waals surface area contributed by atoms with Crippen LogP contribution in [0, 0.1) is 6.92 Å². The zero-order valence-electron chi connectivity index (χ0n) is 18.4. The van der Waals surface area contributed by atoms with E-state index in [1.807, 2.05) is 0 Å². The maximum absolute atomic E-state index is 14.3.